The van der Waals surface area contributed by atoms with Crippen molar-refractivity contribution in [2.24, 2.45) is 5.73 Å². The fourth-order valence-electron chi connectivity index (χ4n) is 2.50. The molecule has 0 fully saturated rings. The number of benzene rings is 2. The standard InChI is InChI=1S/C19H24N2O2/c1-14(21-13-12-16-4-2-3-5-18(16)22)6-7-15-8-10-17(11-9-15)19(20)23/h2-5,8-11,14,21-22H,6-7,12-13H2,1H3,(H2,20,23). The number of amides is 1. The fourth-order valence-corrected chi connectivity index (χ4v) is 2.50. The summed E-state index contributed by atoms with van der Waals surface area (Å²) in [7, 11) is 0. The Labute approximate surface area is 137 Å². The van der Waals surface area contributed by atoms with Gasteiger partial charge in [-0.25, -0.2) is 0 Å². The third kappa shape index (κ3) is 5.42. The number of hydrogen-bond donors (Lipinski definition) is 3. The molecule has 1 atom stereocenters. The molecule has 122 valence electrons. The topological polar surface area (TPSA) is 75.4 Å². The maximum Gasteiger partial charge on any atom is 0.248 e. The SMILES string of the molecule is CC(CCc1ccc(C(N)=O)cc1)NCCc1ccccc1O. The van der Waals surface area contributed by atoms with Crippen molar-refractivity contribution in [2.75, 3.05) is 6.54 Å². The first-order chi connectivity index (χ1) is 11.1. The lowest BCUT2D eigenvalue weighted by Gasteiger charge is -2.14. The highest BCUT2D eigenvalue weighted by molar-refractivity contribution is 5.92. The minimum absolute atomic E-state index is 0.358. The van der Waals surface area contributed by atoms with Gasteiger partial charge in [-0.3, -0.25) is 4.79 Å². The Balaban J connectivity index is 1.71. The van der Waals surface area contributed by atoms with Crippen molar-refractivity contribution in [3.8, 4) is 5.75 Å². The summed E-state index contributed by atoms with van der Waals surface area (Å²) >= 11 is 0. The van der Waals surface area contributed by atoms with E-state index >= 15 is 0 Å². The molecule has 0 aliphatic carbocycles. The van der Waals surface area contributed by atoms with Crippen LogP contribution < -0.4 is 11.1 Å². The second-order valence-electron chi connectivity index (χ2n) is 5.83. The monoisotopic (exact) mass is 312 g/mol. The van der Waals surface area contributed by atoms with E-state index in [0.717, 1.165) is 31.4 Å². The van der Waals surface area contributed by atoms with E-state index in [1.165, 1.54) is 5.56 Å². The minimum atomic E-state index is -0.393. The zero-order chi connectivity index (χ0) is 16.7. The first kappa shape index (κ1) is 17.0. The van der Waals surface area contributed by atoms with Gasteiger partial charge in [-0.2, -0.15) is 0 Å². The number of carbonyl (C=O) groups is 1. The fraction of sp³-hybridized carbons (Fsp3) is 0.316. The van der Waals surface area contributed by atoms with Gasteiger partial charge >= 0.3 is 0 Å². The Morgan fingerprint density at radius 2 is 1.83 bits per heavy atom. The quantitative estimate of drug-likeness (QED) is 0.701. The number of aryl methyl sites for hydroxylation is 1. The van der Waals surface area contributed by atoms with Crippen molar-refractivity contribution >= 4 is 5.91 Å². The number of carbonyl (C=O) groups excluding carboxylic acids is 1. The van der Waals surface area contributed by atoms with E-state index in [9.17, 15) is 9.90 Å². The van der Waals surface area contributed by atoms with Gasteiger partial charge in [0.25, 0.3) is 0 Å². The molecule has 0 aliphatic rings. The number of phenolic OH excluding ortho intramolecular Hbond substituents is 1. The molecule has 0 spiro atoms. The van der Waals surface area contributed by atoms with E-state index in [0.29, 0.717) is 17.4 Å². The first-order valence-electron chi connectivity index (χ1n) is 7.95. The summed E-state index contributed by atoms with van der Waals surface area (Å²) in [5, 5.41) is 13.2. The van der Waals surface area contributed by atoms with Gasteiger partial charge in [0.05, 0.1) is 0 Å². The predicted octanol–water partition coefficient (Wildman–Crippen LogP) is 2.64. The molecule has 0 aliphatic heterocycles. The van der Waals surface area contributed by atoms with Gasteiger partial charge in [0.2, 0.25) is 5.91 Å². The lowest BCUT2D eigenvalue weighted by atomic mass is 10.0. The molecule has 4 heteroatoms. The molecule has 2 aromatic rings. The van der Waals surface area contributed by atoms with Gasteiger partial charge in [-0.1, -0.05) is 30.3 Å². The van der Waals surface area contributed by atoms with Crippen molar-refractivity contribution < 1.29 is 9.90 Å². The largest absolute Gasteiger partial charge is 0.508 e. The van der Waals surface area contributed by atoms with Gasteiger partial charge in [0.1, 0.15) is 5.75 Å². The Kier molecular flexibility index (Phi) is 6.18. The minimum Gasteiger partial charge on any atom is -0.508 e. The molecule has 0 aromatic heterocycles. The van der Waals surface area contributed by atoms with Crippen molar-refractivity contribution in [1.82, 2.24) is 5.32 Å². The van der Waals surface area contributed by atoms with Crippen LogP contribution >= 0.6 is 0 Å². The van der Waals surface area contributed by atoms with Gasteiger partial charge in [0, 0.05) is 11.6 Å². The van der Waals surface area contributed by atoms with Crippen molar-refractivity contribution in [3.05, 3.63) is 65.2 Å². The van der Waals surface area contributed by atoms with E-state index in [2.05, 4.69) is 12.2 Å². The first-order valence-corrected chi connectivity index (χ1v) is 7.95. The molecular formula is C19H24N2O2. The summed E-state index contributed by atoms with van der Waals surface area (Å²) < 4.78 is 0. The Morgan fingerprint density at radius 3 is 2.48 bits per heavy atom. The maximum absolute atomic E-state index is 11.0. The Morgan fingerprint density at radius 1 is 1.13 bits per heavy atom. The van der Waals surface area contributed by atoms with Gasteiger partial charge < -0.3 is 16.2 Å². The molecule has 2 aromatic carbocycles. The second kappa shape index (κ2) is 8.34. The van der Waals surface area contributed by atoms with Crippen LogP contribution in [0.25, 0.3) is 0 Å². The lowest BCUT2D eigenvalue weighted by molar-refractivity contribution is 0.100. The zero-order valence-electron chi connectivity index (χ0n) is 13.5. The number of primary amides is 1. The van der Waals surface area contributed by atoms with Crippen LogP contribution in [-0.2, 0) is 12.8 Å². The Bertz CT molecular complexity index is 638. The van der Waals surface area contributed by atoms with Crippen LogP contribution in [-0.4, -0.2) is 23.6 Å². The third-order valence-corrected chi connectivity index (χ3v) is 3.98. The van der Waals surface area contributed by atoms with Gasteiger partial charge in [-0.15, -0.1) is 0 Å². The molecule has 23 heavy (non-hydrogen) atoms. The summed E-state index contributed by atoms with van der Waals surface area (Å²) in [6, 6.07) is 15.3. The number of rotatable bonds is 8. The molecule has 2 rings (SSSR count). The maximum atomic E-state index is 11.0. The third-order valence-electron chi connectivity index (χ3n) is 3.98. The second-order valence-corrected chi connectivity index (χ2v) is 5.83. The van der Waals surface area contributed by atoms with Crippen LogP contribution in [0, 0.1) is 0 Å². The van der Waals surface area contributed by atoms with Crippen molar-refractivity contribution in [2.45, 2.75) is 32.2 Å². The normalized spacial score (nSPS) is 12.0. The van der Waals surface area contributed by atoms with Crippen LogP contribution in [0.3, 0.4) is 0 Å². The number of hydrogen-bond acceptors (Lipinski definition) is 3. The molecule has 0 saturated carbocycles. The van der Waals surface area contributed by atoms with Crippen LogP contribution in [0.5, 0.6) is 5.75 Å². The molecule has 4 N–H and O–H groups in total. The van der Waals surface area contributed by atoms with Crippen LogP contribution in [0.1, 0.15) is 34.8 Å². The number of nitrogens with one attached hydrogen (secondary N) is 1. The van der Waals surface area contributed by atoms with E-state index in [1.54, 1.807) is 18.2 Å². The summed E-state index contributed by atoms with van der Waals surface area (Å²) in [4.78, 5) is 11.0. The molecule has 0 radical (unpaired) electrons. The van der Waals surface area contributed by atoms with E-state index < -0.39 is 5.91 Å². The highest BCUT2D eigenvalue weighted by Gasteiger charge is 2.05. The van der Waals surface area contributed by atoms with E-state index in [4.69, 9.17) is 5.73 Å². The molecule has 1 unspecified atom stereocenters. The lowest BCUT2D eigenvalue weighted by Crippen LogP contribution is -2.28. The van der Waals surface area contributed by atoms with Crippen LogP contribution in [0.2, 0.25) is 0 Å². The summed E-state index contributed by atoms with van der Waals surface area (Å²) in [6.07, 6.45) is 2.77. The highest BCUT2D eigenvalue weighted by atomic mass is 16.3. The average Bonchev–Trinajstić information content (AvgIpc) is 2.55. The molecular weight excluding hydrogens is 288 g/mol. The number of aromatic hydroxyl groups is 1. The number of para-hydroxylation sites is 1. The zero-order valence-corrected chi connectivity index (χ0v) is 13.5. The number of phenols is 1. The molecule has 0 saturated heterocycles. The van der Waals surface area contributed by atoms with E-state index in [1.807, 2.05) is 30.3 Å². The molecule has 4 nitrogen and oxygen atoms in total. The predicted molar refractivity (Wildman–Crippen MR) is 92.6 cm³/mol. The van der Waals surface area contributed by atoms with Crippen molar-refractivity contribution in [3.63, 3.8) is 0 Å². The summed E-state index contributed by atoms with van der Waals surface area (Å²) in [5.74, 6) is -0.0350. The van der Waals surface area contributed by atoms with Gasteiger partial charge in [-0.05, 0) is 62.1 Å². The highest BCUT2D eigenvalue weighted by Crippen LogP contribution is 2.15. The molecule has 0 bridgehead atoms. The Hall–Kier alpha value is -2.33. The van der Waals surface area contributed by atoms with Gasteiger partial charge in [0.15, 0.2) is 0 Å². The molecule has 1 amide bonds. The van der Waals surface area contributed by atoms with E-state index in [-0.39, 0.29) is 0 Å². The summed E-state index contributed by atoms with van der Waals surface area (Å²) in [6.45, 7) is 2.99. The van der Waals surface area contributed by atoms with Crippen molar-refractivity contribution in [1.29, 1.82) is 0 Å². The van der Waals surface area contributed by atoms with Crippen LogP contribution in [0.15, 0.2) is 48.5 Å². The smallest absolute Gasteiger partial charge is 0.248 e. The van der Waals surface area contributed by atoms with Crippen LogP contribution in [0.4, 0.5) is 0 Å². The summed E-state index contributed by atoms with van der Waals surface area (Å²) in [5.41, 5.74) is 7.94. The average molecular weight is 312 g/mol. The number of nitrogens with two attached hydrogens (primary N) is 1. The molecule has 0 heterocycles.